The molecule has 0 saturated carbocycles. The van der Waals surface area contributed by atoms with Crippen LogP contribution in [-0.2, 0) is 0 Å². The Kier molecular flexibility index (Phi) is 6.59. The van der Waals surface area contributed by atoms with Crippen LogP contribution in [0.25, 0.3) is 42.9 Å². The van der Waals surface area contributed by atoms with E-state index in [9.17, 15) is 20.5 Å². The summed E-state index contributed by atoms with van der Waals surface area (Å²) in [5.74, 6) is 0.775. The van der Waals surface area contributed by atoms with E-state index in [4.69, 9.17) is 9.72 Å². The lowest BCUT2D eigenvalue weighted by Crippen LogP contribution is -2.08. The molecule has 37 heavy (non-hydrogen) atoms. The number of hydrogen-bond donors (Lipinski definition) is 2. The summed E-state index contributed by atoms with van der Waals surface area (Å²) >= 11 is 1.32. The standard InChI is InChI=1S/C26H20N6O4S/c1-2-36-25-17(14-27)19(15-8-4-3-5-9-15)20-21-22(37-26(20)31-25)24(28-12-13-33)30-23(29-21)16-10-6-7-11-18(16)32(34)35/h3-11,33H,2,12-13H2,1H3,(H,28,29,30). The Morgan fingerprint density at radius 3 is 2.59 bits per heavy atom. The maximum Gasteiger partial charge on any atom is 0.280 e. The lowest BCUT2D eigenvalue weighted by Gasteiger charge is -2.12. The summed E-state index contributed by atoms with van der Waals surface area (Å²) in [5, 5.41) is 35.1. The number of aromatic nitrogens is 3. The number of hydrogen-bond acceptors (Lipinski definition) is 10. The summed E-state index contributed by atoms with van der Waals surface area (Å²) in [6.07, 6.45) is 0. The SMILES string of the molecule is CCOc1nc2sc3c(NCCO)nc(-c4ccccc4[N+](=O)[O-])nc3c2c(-c2ccccc2)c1C#N. The van der Waals surface area contributed by atoms with Crippen molar-refractivity contribution in [1.82, 2.24) is 15.0 Å². The number of rotatable bonds is 8. The number of pyridine rings is 1. The normalized spacial score (nSPS) is 10.9. The number of aliphatic hydroxyl groups is 1. The van der Waals surface area contributed by atoms with E-state index in [0.29, 0.717) is 38.4 Å². The predicted octanol–water partition coefficient (Wildman–Crippen LogP) is 5.16. The van der Waals surface area contributed by atoms with E-state index in [2.05, 4.69) is 21.4 Å². The zero-order chi connectivity index (χ0) is 25.9. The molecule has 0 radical (unpaired) electrons. The molecule has 0 saturated heterocycles. The predicted molar refractivity (Wildman–Crippen MR) is 142 cm³/mol. The van der Waals surface area contributed by atoms with Crippen molar-refractivity contribution in [2.45, 2.75) is 6.92 Å². The second-order valence-corrected chi connectivity index (χ2v) is 8.86. The second-order valence-electron chi connectivity index (χ2n) is 7.86. The number of fused-ring (bicyclic) bond motifs is 3. The third-order valence-electron chi connectivity index (χ3n) is 5.63. The molecule has 3 aromatic heterocycles. The van der Waals surface area contributed by atoms with Crippen LogP contribution < -0.4 is 10.1 Å². The maximum atomic E-state index is 11.7. The molecule has 0 unspecified atom stereocenters. The molecule has 0 atom stereocenters. The van der Waals surface area contributed by atoms with Gasteiger partial charge >= 0.3 is 0 Å². The Morgan fingerprint density at radius 2 is 1.89 bits per heavy atom. The van der Waals surface area contributed by atoms with Crippen molar-refractivity contribution in [3.8, 4) is 34.5 Å². The maximum absolute atomic E-state index is 11.7. The van der Waals surface area contributed by atoms with Crippen molar-refractivity contribution < 1.29 is 14.8 Å². The van der Waals surface area contributed by atoms with Crippen molar-refractivity contribution in [1.29, 1.82) is 5.26 Å². The highest BCUT2D eigenvalue weighted by atomic mass is 32.1. The van der Waals surface area contributed by atoms with Gasteiger partial charge in [-0.15, -0.1) is 11.3 Å². The monoisotopic (exact) mass is 512 g/mol. The Morgan fingerprint density at radius 1 is 1.14 bits per heavy atom. The number of nitro benzene ring substituents is 1. The highest BCUT2D eigenvalue weighted by molar-refractivity contribution is 7.26. The average molecular weight is 513 g/mol. The average Bonchev–Trinajstić information content (AvgIpc) is 3.29. The molecule has 5 aromatic rings. The number of nitrogens with zero attached hydrogens (tertiary/aromatic N) is 5. The molecule has 0 aliphatic heterocycles. The van der Waals surface area contributed by atoms with Gasteiger partial charge in [0.05, 0.1) is 33.9 Å². The zero-order valence-electron chi connectivity index (χ0n) is 19.6. The molecular formula is C26H20N6O4S. The van der Waals surface area contributed by atoms with Gasteiger partial charge < -0.3 is 15.2 Å². The van der Waals surface area contributed by atoms with Gasteiger partial charge in [-0.1, -0.05) is 42.5 Å². The van der Waals surface area contributed by atoms with Gasteiger partial charge in [0, 0.05) is 23.6 Å². The summed E-state index contributed by atoms with van der Waals surface area (Å²) in [5.41, 5.74) is 2.28. The number of anilines is 1. The van der Waals surface area contributed by atoms with Crippen LogP contribution in [0, 0.1) is 21.4 Å². The molecule has 3 heterocycles. The molecule has 0 aliphatic carbocycles. The van der Waals surface area contributed by atoms with E-state index in [1.807, 2.05) is 37.3 Å². The minimum absolute atomic E-state index is 0.132. The molecule has 0 spiro atoms. The van der Waals surface area contributed by atoms with Crippen LogP contribution in [0.1, 0.15) is 12.5 Å². The number of para-hydroxylation sites is 1. The molecule has 0 fully saturated rings. The number of nitrogens with one attached hydrogen (secondary N) is 1. The fourth-order valence-electron chi connectivity index (χ4n) is 4.12. The van der Waals surface area contributed by atoms with Gasteiger partial charge in [0.25, 0.3) is 5.69 Å². The van der Waals surface area contributed by atoms with E-state index in [1.165, 1.54) is 17.4 Å². The van der Waals surface area contributed by atoms with Gasteiger partial charge in [0.1, 0.15) is 22.3 Å². The van der Waals surface area contributed by atoms with Crippen molar-refractivity contribution in [2.24, 2.45) is 0 Å². The Balaban J connectivity index is 1.93. The minimum atomic E-state index is -0.478. The van der Waals surface area contributed by atoms with Gasteiger partial charge in [-0.3, -0.25) is 10.1 Å². The quantitative estimate of drug-likeness (QED) is 0.212. The number of thiophene rings is 1. The number of aliphatic hydroxyl groups excluding tert-OH is 1. The minimum Gasteiger partial charge on any atom is -0.477 e. The van der Waals surface area contributed by atoms with Gasteiger partial charge in [0.2, 0.25) is 5.88 Å². The summed E-state index contributed by atoms with van der Waals surface area (Å²) in [7, 11) is 0. The molecule has 11 heteroatoms. The Bertz CT molecular complexity index is 1680. The van der Waals surface area contributed by atoms with Crippen molar-refractivity contribution in [2.75, 3.05) is 25.1 Å². The number of nitriles is 1. The summed E-state index contributed by atoms with van der Waals surface area (Å²) in [6, 6.07) is 17.9. The topological polar surface area (TPSA) is 147 Å². The Labute approximate surface area is 215 Å². The number of benzene rings is 2. The molecule has 2 aromatic carbocycles. The van der Waals surface area contributed by atoms with Crippen LogP contribution in [0.4, 0.5) is 11.5 Å². The molecule has 2 N–H and O–H groups in total. The summed E-state index contributed by atoms with van der Waals surface area (Å²) in [4.78, 5) is 25.9. The lowest BCUT2D eigenvalue weighted by molar-refractivity contribution is -0.384. The van der Waals surface area contributed by atoms with Gasteiger partial charge in [-0.25, -0.2) is 15.0 Å². The first-order valence-corrected chi connectivity index (χ1v) is 12.2. The van der Waals surface area contributed by atoms with E-state index in [0.717, 1.165) is 5.56 Å². The largest absolute Gasteiger partial charge is 0.477 e. The highest BCUT2D eigenvalue weighted by Gasteiger charge is 2.26. The van der Waals surface area contributed by atoms with Gasteiger partial charge in [-0.05, 0) is 18.6 Å². The molecule has 10 nitrogen and oxygen atoms in total. The Hall–Kier alpha value is -4.66. The smallest absolute Gasteiger partial charge is 0.280 e. The van der Waals surface area contributed by atoms with Crippen molar-refractivity contribution in [3.05, 3.63) is 70.3 Å². The highest BCUT2D eigenvalue weighted by Crippen LogP contribution is 2.45. The van der Waals surface area contributed by atoms with Crippen molar-refractivity contribution in [3.63, 3.8) is 0 Å². The first-order chi connectivity index (χ1) is 18.1. The first kappa shape index (κ1) is 24.1. The van der Waals surface area contributed by atoms with Crippen LogP contribution in [-0.4, -0.2) is 44.7 Å². The molecule has 0 amide bonds. The summed E-state index contributed by atoms with van der Waals surface area (Å²) in [6.45, 7) is 2.22. The molecule has 0 bridgehead atoms. The van der Waals surface area contributed by atoms with Gasteiger partial charge in [0.15, 0.2) is 5.82 Å². The molecule has 5 rings (SSSR count). The fraction of sp³-hybridized carbons (Fsp3) is 0.154. The van der Waals surface area contributed by atoms with Crippen LogP contribution in [0.2, 0.25) is 0 Å². The fourth-order valence-corrected chi connectivity index (χ4v) is 5.21. The number of nitro groups is 1. The number of ether oxygens (including phenoxy) is 1. The summed E-state index contributed by atoms with van der Waals surface area (Å²) < 4.78 is 6.38. The van der Waals surface area contributed by atoms with Crippen LogP contribution in [0.15, 0.2) is 54.6 Å². The third kappa shape index (κ3) is 4.29. The van der Waals surface area contributed by atoms with E-state index in [1.54, 1.807) is 18.2 Å². The first-order valence-electron chi connectivity index (χ1n) is 11.4. The lowest BCUT2D eigenvalue weighted by atomic mass is 9.98. The van der Waals surface area contributed by atoms with E-state index in [-0.39, 0.29) is 41.7 Å². The van der Waals surface area contributed by atoms with E-state index >= 15 is 0 Å². The van der Waals surface area contributed by atoms with Crippen LogP contribution in [0.3, 0.4) is 0 Å². The molecular weight excluding hydrogens is 492 g/mol. The second kappa shape index (κ2) is 10.1. The molecule has 0 aliphatic rings. The van der Waals surface area contributed by atoms with Gasteiger partial charge in [-0.2, -0.15) is 5.26 Å². The van der Waals surface area contributed by atoms with Crippen molar-refractivity contribution >= 4 is 43.3 Å². The van der Waals surface area contributed by atoms with E-state index < -0.39 is 4.92 Å². The molecule has 184 valence electrons. The third-order valence-corrected chi connectivity index (χ3v) is 6.71. The van der Waals surface area contributed by atoms with Crippen LogP contribution in [0.5, 0.6) is 5.88 Å². The zero-order valence-corrected chi connectivity index (χ0v) is 20.5. The van der Waals surface area contributed by atoms with Crippen LogP contribution >= 0.6 is 11.3 Å².